The van der Waals surface area contributed by atoms with Crippen molar-refractivity contribution < 1.29 is 4.79 Å². The monoisotopic (exact) mass is 389 g/mol. The van der Waals surface area contributed by atoms with E-state index in [4.69, 9.17) is 0 Å². The molecule has 0 aliphatic carbocycles. The van der Waals surface area contributed by atoms with Gasteiger partial charge in [0.05, 0.1) is 31.2 Å². The molecule has 3 heterocycles. The Morgan fingerprint density at radius 2 is 1.97 bits per heavy atom. The minimum absolute atomic E-state index is 0.165. The van der Waals surface area contributed by atoms with Crippen molar-refractivity contribution in [2.45, 2.75) is 33.5 Å². The van der Waals surface area contributed by atoms with Crippen molar-refractivity contribution in [2.24, 2.45) is 0 Å². The van der Waals surface area contributed by atoms with Gasteiger partial charge in [0.1, 0.15) is 0 Å². The fourth-order valence-corrected chi connectivity index (χ4v) is 3.24. The minimum atomic E-state index is -0.165. The fourth-order valence-electron chi connectivity index (χ4n) is 3.24. The molecule has 0 saturated carbocycles. The second-order valence-corrected chi connectivity index (χ2v) is 6.86. The van der Waals surface area contributed by atoms with Crippen molar-refractivity contribution in [1.82, 2.24) is 29.3 Å². The van der Waals surface area contributed by atoms with Gasteiger partial charge in [0.25, 0.3) is 5.91 Å². The first-order valence-corrected chi connectivity index (χ1v) is 9.54. The van der Waals surface area contributed by atoms with Crippen LogP contribution in [0.4, 0.5) is 5.69 Å². The summed E-state index contributed by atoms with van der Waals surface area (Å²) in [4.78, 5) is 12.6. The molecular weight excluding hydrogens is 366 g/mol. The largest absolute Gasteiger partial charge is 0.319 e. The summed E-state index contributed by atoms with van der Waals surface area (Å²) in [6.07, 6.45) is 8.99. The first-order chi connectivity index (χ1) is 14.1. The van der Waals surface area contributed by atoms with E-state index in [1.165, 1.54) is 0 Å². The van der Waals surface area contributed by atoms with E-state index in [-0.39, 0.29) is 5.91 Å². The normalized spacial score (nSPS) is 11.0. The van der Waals surface area contributed by atoms with E-state index in [0.29, 0.717) is 24.3 Å². The average molecular weight is 389 g/mol. The van der Waals surface area contributed by atoms with Crippen molar-refractivity contribution in [3.8, 4) is 0 Å². The number of nitrogens with one attached hydrogen (secondary N) is 1. The molecule has 148 valence electrons. The van der Waals surface area contributed by atoms with Crippen molar-refractivity contribution in [3.05, 3.63) is 83.7 Å². The molecule has 0 radical (unpaired) electrons. The van der Waals surface area contributed by atoms with Gasteiger partial charge in [0.15, 0.2) is 0 Å². The third-order valence-corrected chi connectivity index (χ3v) is 4.82. The number of amides is 1. The van der Waals surface area contributed by atoms with Crippen LogP contribution in [-0.2, 0) is 19.6 Å². The molecule has 0 aliphatic heterocycles. The molecule has 0 saturated heterocycles. The number of rotatable bonds is 7. The molecule has 1 N–H and O–H groups in total. The third kappa shape index (κ3) is 4.26. The Balaban J connectivity index is 1.42. The quantitative estimate of drug-likeness (QED) is 0.527. The van der Waals surface area contributed by atoms with Crippen molar-refractivity contribution in [1.29, 1.82) is 0 Å². The van der Waals surface area contributed by atoms with Gasteiger partial charge in [-0.15, -0.1) is 0 Å². The first-order valence-electron chi connectivity index (χ1n) is 9.54. The van der Waals surface area contributed by atoms with Gasteiger partial charge in [-0.25, -0.2) is 0 Å². The molecule has 0 bridgehead atoms. The molecule has 1 amide bonds. The Kier molecular flexibility index (Phi) is 5.24. The smallest absolute Gasteiger partial charge is 0.255 e. The zero-order valence-corrected chi connectivity index (χ0v) is 16.5. The van der Waals surface area contributed by atoms with Gasteiger partial charge in [0, 0.05) is 42.0 Å². The topological polar surface area (TPSA) is 82.6 Å². The lowest BCUT2D eigenvalue weighted by molar-refractivity contribution is 0.102. The van der Waals surface area contributed by atoms with Crippen LogP contribution >= 0.6 is 0 Å². The van der Waals surface area contributed by atoms with E-state index in [2.05, 4.69) is 27.5 Å². The number of aryl methyl sites for hydroxylation is 1. The number of carbonyl (C=O) groups is 1. The van der Waals surface area contributed by atoms with E-state index >= 15 is 0 Å². The highest BCUT2D eigenvalue weighted by Gasteiger charge is 2.10. The molecule has 0 unspecified atom stereocenters. The van der Waals surface area contributed by atoms with Crippen LogP contribution in [0.1, 0.15) is 34.1 Å². The summed E-state index contributed by atoms with van der Waals surface area (Å²) in [5, 5.41) is 15.8. The summed E-state index contributed by atoms with van der Waals surface area (Å²) in [6, 6.07) is 9.42. The third-order valence-electron chi connectivity index (χ3n) is 4.82. The summed E-state index contributed by atoms with van der Waals surface area (Å²) < 4.78 is 5.58. The Morgan fingerprint density at radius 3 is 2.72 bits per heavy atom. The summed E-state index contributed by atoms with van der Waals surface area (Å²) in [5.41, 5.74) is 4.51. The second kappa shape index (κ2) is 8.14. The van der Waals surface area contributed by atoms with Crippen molar-refractivity contribution >= 4 is 11.6 Å². The Bertz CT molecular complexity index is 1110. The lowest BCUT2D eigenvalue weighted by Crippen LogP contribution is -2.12. The zero-order valence-electron chi connectivity index (χ0n) is 16.5. The number of carbonyl (C=O) groups excluding carboxylic acids is 1. The molecule has 1 aromatic carbocycles. The van der Waals surface area contributed by atoms with Gasteiger partial charge in [-0.05, 0) is 37.6 Å². The number of anilines is 1. The summed E-state index contributed by atoms with van der Waals surface area (Å²) >= 11 is 0. The van der Waals surface area contributed by atoms with Gasteiger partial charge in [-0.1, -0.05) is 12.1 Å². The maximum atomic E-state index is 12.6. The van der Waals surface area contributed by atoms with Crippen LogP contribution in [0, 0.1) is 6.92 Å². The van der Waals surface area contributed by atoms with Crippen LogP contribution in [0.2, 0.25) is 0 Å². The molecule has 4 aromatic rings. The number of hydrogen-bond donors (Lipinski definition) is 1. The van der Waals surface area contributed by atoms with Crippen LogP contribution in [0.3, 0.4) is 0 Å². The highest BCUT2D eigenvalue weighted by atomic mass is 16.1. The molecule has 29 heavy (non-hydrogen) atoms. The molecule has 0 atom stereocenters. The number of hydrogen-bond acceptors (Lipinski definition) is 4. The number of benzene rings is 1. The summed E-state index contributed by atoms with van der Waals surface area (Å²) in [6.45, 7) is 6.19. The fraction of sp³-hybridized carbons (Fsp3) is 0.238. The standard InChI is InChI=1S/C21H23N7O/c1-3-28-16(2)19(11-24-28)14-27-15-20(12-23-27)25-21(29)18-7-4-6-17(10-18)13-26-9-5-8-22-26/h4-12,15H,3,13-14H2,1-2H3,(H,25,29). The van der Waals surface area contributed by atoms with Crippen LogP contribution in [0.15, 0.2) is 61.3 Å². The van der Waals surface area contributed by atoms with E-state index < -0.39 is 0 Å². The maximum Gasteiger partial charge on any atom is 0.255 e. The van der Waals surface area contributed by atoms with E-state index in [1.807, 2.05) is 59.1 Å². The second-order valence-electron chi connectivity index (χ2n) is 6.86. The van der Waals surface area contributed by atoms with Gasteiger partial charge in [-0.2, -0.15) is 15.3 Å². The van der Waals surface area contributed by atoms with E-state index in [1.54, 1.807) is 23.1 Å². The highest BCUT2D eigenvalue weighted by molar-refractivity contribution is 6.04. The van der Waals surface area contributed by atoms with Crippen LogP contribution < -0.4 is 5.32 Å². The highest BCUT2D eigenvalue weighted by Crippen LogP contribution is 2.14. The lowest BCUT2D eigenvalue weighted by Gasteiger charge is -2.06. The van der Waals surface area contributed by atoms with Gasteiger partial charge in [-0.3, -0.25) is 18.8 Å². The van der Waals surface area contributed by atoms with Crippen molar-refractivity contribution in [3.63, 3.8) is 0 Å². The van der Waals surface area contributed by atoms with Gasteiger partial charge >= 0.3 is 0 Å². The average Bonchev–Trinajstić information content (AvgIpc) is 3.46. The predicted molar refractivity (Wildman–Crippen MR) is 110 cm³/mol. The van der Waals surface area contributed by atoms with E-state index in [9.17, 15) is 4.79 Å². The van der Waals surface area contributed by atoms with Gasteiger partial charge in [0.2, 0.25) is 0 Å². The molecular formula is C21H23N7O. The molecule has 0 spiro atoms. The first kappa shape index (κ1) is 18.7. The number of nitrogens with zero attached hydrogens (tertiary/aromatic N) is 6. The zero-order chi connectivity index (χ0) is 20.2. The predicted octanol–water partition coefficient (Wildman–Crippen LogP) is 2.95. The molecule has 4 rings (SSSR count). The Morgan fingerprint density at radius 1 is 1.07 bits per heavy atom. The molecule has 0 fully saturated rings. The summed E-state index contributed by atoms with van der Waals surface area (Å²) in [5.74, 6) is -0.165. The SMILES string of the molecule is CCn1ncc(Cn2cc(NC(=O)c3cccc(Cn4cccn4)c3)cn2)c1C. The van der Waals surface area contributed by atoms with Gasteiger partial charge < -0.3 is 5.32 Å². The molecule has 8 heteroatoms. The van der Waals surface area contributed by atoms with Crippen LogP contribution in [0.5, 0.6) is 0 Å². The lowest BCUT2D eigenvalue weighted by atomic mass is 10.1. The summed E-state index contributed by atoms with van der Waals surface area (Å²) in [7, 11) is 0. The Labute approximate surface area is 168 Å². The molecule has 0 aliphatic rings. The van der Waals surface area contributed by atoms with Crippen LogP contribution in [0.25, 0.3) is 0 Å². The minimum Gasteiger partial charge on any atom is -0.319 e. The number of aromatic nitrogens is 6. The van der Waals surface area contributed by atoms with Crippen molar-refractivity contribution in [2.75, 3.05) is 5.32 Å². The maximum absolute atomic E-state index is 12.6. The Hall–Kier alpha value is -3.68. The molecule has 8 nitrogen and oxygen atoms in total. The van der Waals surface area contributed by atoms with Crippen LogP contribution in [-0.4, -0.2) is 35.2 Å². The molecule has 3 aromatic heterocycles. The van der Waals surface area contributed by atoms with E-state index in [0.717, 1.165) is 23.4 Å².